The molecule has 1 unspecified atom stereocenters. The number of ether oxygens (including phenoxy) is 1. The fourth-order valence-corrected chi connectivity index (χ4v) is 3.29. The van der Waals surface area contributed by atoms with Crippen molar-refractivity contribution in [2.45, 2.75) is 71.1 Å². The van der Waals surface area contributed by atoms with Gasteiger partial charge in [-0.25, -0.2) is 4.79 Å². The van der Waals surface area contributed by atoms with Crippen LogP contribution in [-0.2, 0) is 4.74 Å². The standard InChI is InChI=1S/C15H28N2O2/c1-12(2)16-10-8-15(11-16)7-6-9-17(15)13(18)19-14(3,4)5/h12H,6-11H2,1-5H3. The molecule has 0 aromatic rings. The number of amides is 1. The summed E-state index contributed by atoms with van der Waals surface area (Å²) in [5, 5.41) is 0. The Hall–Kier alpha value is -0.770. The summed E-state index contributed by atoms with van der Waals surface area (Å²) in [6.07, 6.45) is 3.18. The zero-order valence-corrected chi connectivity index (χ0v) is 13.0. The maximum atomic E-state index is 12.4. The van der Waals surface area contributed by atoms with Gasteiger partial charge in [0.05, 0.1) is 5.54 Å². The van der Waals surface area contributed by atoms with E-state index < -0.39 is 5.60 Å². The lowest BCUT2D eigenvalue weighted by Gasteiger charge is -2.36. The van der Waals surface area contributed by atoms with Crippen molar-refractivity contribution in [2.24, 2.45) is 0 Å². The number of rotatable bonds is 1. The number of carbonyl (C=O) groups is 1. The van der Waals surface area contributed by atoms with Gasteiger partial charge in [0.2, 0.25) is 0 Å². The first-order valence-electron chi connectivity index (χ1n) is 7.48. The Labute approximate surface area is 117 Å². The van der Waals surface area contributed by atoms with Gasteiger partial charge in [-0.1, -0.05) is 0 Å². The largest absolute Gasteiger partial charge is 0.444 e. The summed E-state index contributed by atoms with van der Waals surface area (Å²) in [5.41, 5.74) is -0.371. The van der Waals surface area contributed by atoms with Crippen LogP contribution >= 0.6 is 0 Å². The number of hydrogen-bond donors (Lipinski definition) is 0. The maximum Gasteiger partial charge on any atom is 0.410 e. The molecule has 4 nitrogen and oxygen atoms in total. The minimum atomic E-state index is -0.406. The van der Waals surface area contributed by atoms with E-state index in [4.69, 9.17) is 4.74 Å². The molecular weight excluding hydrogens is 240 g/mol. The Morgan fingerprint density at radius 2 is 1.89 bits per heavy atom. The minimum Gasteiger partial charge on any atom is -0.444 e. The van der Waals surface area contributed by atoms with Gasteiger partial charge in [-0.2, -0.15) is 0 Å². The van der Waals surface area contributed by atoms with Crippen LogP contribution in [0.15, 0.2) is 0 Å². The molecular formula is C15H28N2O2. The first kappa shape index (κ1) is 14.6. The summed E-state index contributed by atoms with van der Waals surface area (Å²) in [5.74, 6) is 0. The van der Waals surface area contributed by atoms with Crippen LogP contribution in [0.3, 0.4) is 0 Å². The molecule has 0 bridgehead atoms. The molecule has 1 amide bonds. The Kier molecular flexibility index (Phi) is 3.83. The number of hydrogen-bond acceptors (Lipinski definition) is 3. The average Bonchev–Trinajstić information content (AvgIpc) is 2.84. The molecule has 0 aromatic carbocycles. The fourth-order valence-electron chi connectivity index (χ4n) is 3.29. The predicted molar refractivity (Wildman–Crippen MR) is 76.2 cm³/mol. The highest BCUT2D eigenvalue weighted by molar-refractivity contribution is 5.70. The summed E-state index contributed by atoms with van der Waals surface area (Å²) in [6, 6.07) is 0.556. The first-order chi connectivity index (χ1) is 8.73. The second-order valence-electron chi connectivity index (χ2n) is 7.27. The molecule has 2 rings (SSSR count). The molecule has 1 atom stereocenters. The Bertz CT molecular complexity index is 349. The van der Waals surface area contributed by atoms with E-state index in [9.17, 15) is 4.79 Å². The smallest absolute Gasteiger partial charge is 0.410 e. The monoisotopic (exact) mass is 268 g/mol. The number of carbonyl (C=O) groups excluding carboxylic acids is 1. The van der Waals surface area contributed by atoms with E-state index >= 15 is 0 Å². The van der Waals surface area contributed by atoms with Crippen molar-refractivity contribution in [3.63, 3.8) is 0 Å². The van der Waals surface area contributed by atoms with Gasteiger partial charge >= 0.3 is 6.09 Å². The van der Waals surface area contributed by atoms with Crippen molar-refractivity contribution < 1.29 is 9.53 Å². The lowest BCUT2D eigenvalue weighted by Crippen LogP contribution is -2.51. The summed E-state index contributed by atoms with van der Waals surface area (Å²) in [4.78, 5) is 16.9. The topological polar surface area (TPSA) is 32.8 Å². The van der Waals surface area contributed by atoms with Gasteiger partial charge in [-0.15, -0.1) is 0 Å². The van der Waals surface area contributed by atoms with Crippen molar-refractivity contribution in [3.05, 3.63) is 0 Å². The fraction of sp³-hybridized carbons (Fsp3) is 0.933. The van der Waals surface area contributed by atoms with Gasteiger partial charge in [-0.05, 0) is 53.9 Å². The second kappa shape index (κ2) is 4.97. The van der Waals surface area contributed by atoms with Crippen LogP contribution < -0.4 is 0 Å². The van der Waals surface area contributed by atoms with Crippen LogP contribution in [0.4, 0.5) is 4.79 Å². The van der Waals surface area contributed by atoms with Gasteiger partial charge in [0.1, 0.15) is 5.60 Å². The summed E-state index contributed by atoms with van der Waals surface area (Å²) in [7, 11) is 0. The van der Waals surface area contributed by atoms with E-state index in [0.29, 0.717) is 6.04 Å². The minimum absolute atomic E-state index is 0.0343. The van der Waals surface area contributed by atoms with Gasteiger partial charge in [-0.3, -0.25) is 4.90 Å². The predicted octanol–water partition coefficient (Wildman–Crippen LogP) is 2.87. The van der Waals surface area contributed by atoms with Gasteiger partial charge in [0.15, 0.2) is 0 Å². The van der Waals surface area contributed by atoms with Gasteiger partial charge in [0.25, 0.3) is 0 Å². The molecule has 0 radical (unpaired) electrons. The quantitative estimate of drug-likeness (QED) is 0.733. The molecule has 0 saturated carbocycles. The average molecular weight is 268 g/mol. The van der Waals surface area contributed by atoms with Crippen molar-refractivity contribution in [1.29, 1.82) is 0 Å². The molecule has 2 aliphatic heterocycles. The third-order valence-corrected chi connectivity index (χ3v) is 4.30. The summed E-state index contributed by atoms with van der Waals surface area (Å²) >= 11 is 0. The van der Waals surface area contributed by atoms with E-state index in [1.807, 2.05) is 25.7 Å². The SMILES string of the molecule is CC(C)N1CCC2(CCCN2C(=O)OC(C)(C)C)C1. The van der Waals surface area contributed by atoms with Crippen LogP contribution in [-0.4, -0.2) is 52.7 Å². The van der Waals surface area contributed by atoms with Gasteiger partial charge in [0, 0.05) is 25.7 Å². The highest BCUT2D eigenvalue weighted by atomic mass is 16.6. The molecule has 2 fully saturated rings. The lowest BCUT2D eigenvalue weighted by molar-refractivity contribution is 0.00877. The molecule has 2 aliphatic rings. The molecule has 19 heavy (non-hydrogen) atoms. The third-order valence-electron chi connectivity index (χ3n) is 4.30. The molecule has 0 aromatic heterocycles. The van der Waals surface area contributed by atoms with Crippen molar-refractivity contribution in [3.8, 4) is 0 Å². The zero-order valence-electron chi connectivity index (χ0n) is 13.0. The maximum absolute atomic E-state index is 12.4. The highest BCUT2D eigenvalue weighted by Gasteiger charge is 2.49. The van der Waals surface area contributed by atoms with E-state index in [1.54, 1.807) is 0 Å². The van der Waals surface area contributed by atoms with Crippen molar-refractivity contribution >= 4 is 6.09 Å². The van der Waals surface area contributed by atoms with Crippen molar-refractivity contribution in [1.82, 2.24) is 9.80 Å². The van der Waals surface area contributed by atoms with Gasteiger partial charge < -0.3 is 9.64 Å². The Morgan fingerprint density at radius 3 is 2.42 bits per heavy atom. The molecule has 4 heteroatoms. The molecule has 110 valence electrons. The van der Waals surface area contributed by atoms with E-state index in [-0.39, 0.29) is 11.6 Å². The zero-order chi connectivity index (χ0) is 14.3. The Morgan fingerprint density at radius 1 is 1.21 bits per heavy atom. The summed E-state index contributed by atoms with van der Waals surface area (Å²) < 4.78 is 5.57. The van der Waals surface area contributed by atoms with Crippen molar-refractivity contribution in [2.75, 3.05) is 19.6 Å². The normalized spacial score (nSPS) is 28.6. The van der Waals surface area contributed by atoms with Crippen LogP contribution in [0.1, 0.15) is 53.9 Å². The Balaban J connectivity index is 2.07. The first-order valence-corrected chi connectivity index (χ1v) is 7.48. The summed E-state index contributed by atoms with van der Waals surface area (Å²) in [6.45, 7) is 13.2. The lowest BCUT2D eigenvalue weighted by atomic mass is 9.95. The second-order valence-corrected chi connectivity index (χ2v) is 7.27. The number of likely N-dealkylation sites (tertiary alicyclic amines) is 2. The van der Waals surface area contributed by atoms with Crippen LogP contribution in [0.5, 0.6) is 0 Å². The number of nitrogens with zero attached hydrogens (tertiary/aromatic N) is 2. The highest BCUT2D eigenvalue weighted by Crippen LogP contribution is 2.39. The molecule has 0 aliphatic carbocycles. The van der Waals surface area contributed by atoms with E-state index in [0.717, 1.165) is 38.9 Å². The molecule has 2 saturated heterocycles. The van der Waals surface area contributed by atoms with Crippen LogP contribution in [0.2, 0.25) is 0 Å². The van der Waals surface area contributed by atoms with Crippen LogP contribution in [0, 0.1) is 0 Å². The van der Waals surface area contributed by atoms with E-state index in [2.05, 4.69) is 18.7 Å². The third kappa shape index (κ3) is 3.04. The molecule has 0 N–H and O–H groups in total. The van der Waals surface area contributed by atoms with Crippen LogP contribution in [0.25, 0.3) is 0 Å². The molecule has 1 spiro atoms. The molecule has 2 heterocycles. The van der Waals surface area contributed by atoms with E-state index in [1.165, 1.54) is 0 Å².